The molecule has 0 amide bonds. The molecule has 0 spiro atoms. The molecule has 7 heteroatoms. The molecule has 0 aromatic heterocycles. The van der Waals surface area contributed by atoms with Crippen molar-refractivity contribution in [1.82, 2.24) is 4.90 Å². The molecule has 0 fully saturated rings. The van der Waals surface area contributed by atoms with E-state index in [9.17, 15) is 4.79 Å². The van der Waals surface area contributed by atoms with E-state index in [1.54, 1.807) is 31.4 Å². The van der Waals surface area contributed by atoms with Crippen LogP contribution in [0, 0.1) is 6.92 Å². The molecule has 2 aromatic rings. The Morgan fingerprint density at radius 2 is 2.10 bits per heavy atom. The van der Waals surface area contributed by atoms with Crippen molar-refractivity contribution in [1.29, 1.82) is 0 Å². The average Bonchev–Trinajstić information content (AvgIpc) is 3.02. The van der Waals surface area contributed by atoms with Gasteiger partial charge in [-0.15, -0.1) is 0 Å². The summed E-state index contributed by atoms with van der Waals surface area (Å²) in [5, 5.41) is 0.999. The van der Waals surface area contributed by atoms with Gasteiger partial charge in [-0.25, -0.2) is 0 Å². The van der Waals surface area contributed by atoms with E-state index in [2.05, 4.69) is 4.90 Å². The average molecular weight is 434 g/mol. The summed E-state index contributed by atoms with van der Waals surface area (Å²) in [5.74, 6) is 1.45. The third-order valence-electron chi connectivity index (χ3n) is 5.06. The number of fused-ring (bicyclic) bond motifs is 3. The molecule has 2 aliphatic rings. The molecule has 0 radical (unpaired) electrons. The highest BCUT2D eigenvalue weighted by Gasteiger charge is 2.35. The number of hydrogen-bond acceptors (Lipinski definition) is 5. The molecule has 0 bridgehead atoms. The normalized spacial score (nSPS) is 17.1. The number of methoxy groups -OCH3 is 1. The lowest BCUT2D eigenvalue weighted by molar-refractivity contribution is 0.0822. The van der Waals surface area contributed by atoms with Crippen molar-refractivity contribution in [3.63, 3.8) is 0 Å². The minimum Gasteiger partial charge on any atom is -0.478 e. The van der Waals surface area contributed by atoms with Crippen molar-refractivity contribution in [2.45, 2.75) is 19.9 Å². The molecule has 0 N–H and O–H groups in total. The summed E-state index contributed by atoms with van der Waals surface area (Å²) in [5.41, 5.74) is 2.99. The number of ether oxygens (including phenoxy) is 3. The summed E-state index contributed by atoms with van der Waals surface area (Å²) in [6.45, 7) is 4.59. The lowest BCUT2D eigenvalue weighted by atomic mass is 9.98. The fourth-order valence-corrected chi connectivity index (χ4v) is 4.07. The Kier molecular flexibility index (Phi) is 5.83. The largest absolute Gasteiger partial charge is 0.478 e. The zero-order chi connectivity index (χ0) is 20.5. The number of carbonyl (C=O) groups is 1. The molecule has 29 heavy (non-hydrogen) atoms. The third kappa shape index (κ3) is 4.01. The number of Topliss-reactive ketones (excluding diaryl/α,β-unsaturated/α-hetero) is 1. The maximum Gasteiger partial charge on any atom is 0.232 e. The van der Waals surface area contributed by atoms with Crippen molar-refractivity contribution in [2.75, 3.05) is 27.0 Å². The summed E-state index contributed by atoms with van der Waals surface area (Å²) in [6, 6.07) is 7.05. The first-order valence-corrected chi connectivity index (χ1v) is 10.1. The van der Waals surface area contributed by atoms with Gasteiger partial charge in [-0.1, -0.05) is 29.3 Å². The quantitative estimate of drug-likeness (QED) is 0.484. The SMILES string of the molecule is COCCCN1COc2cc(C)c3c(c2C1)O/C(=C\c1ccc(Cl)cc1Cl)C3=O. The summed E-state index contributed by atoms with van der Waals surface area (Å²) < 4.78 is 17.1. The molecule has 0 aliphatic carbocycles. The fraction of sp³-hybridized carbons (Fsp3) is 0.318. The number of benzene rings is 2. The predicted molar refractivity (Wildman–Crippen MR) is 113 cm³/mol. The van der Waals surface area contributed by atoms with E-state index in [4.69, 9.17) is 37.4 Å². The molecule has 0 atom stereocenters. The standard InChI is InChI=1S/C22H21Cl2NO4/c1-13-8-18-16(11-25(12-28-18)6-3-7-27-2)22-20(13)21(26)19(29-22)9-14-4-5-15(23)10-17(14)24/h4-5,8-10H,3,6-7,11-12H2,1-2H3/b19-9-. The van der Waals surface area contributed by atoms with Crippen LogP contribution in [-0.2, 0) is 11.3 Å². The molecule has 2 heterocycles. The van der Waals surface area contributed by atoms with Crippen molar-refractivity contribution in [2.24, 2.45) is 0 Å². The topological polar surface area (TPSA) is 48.0 Å². The van der Waals surface area contributed by atoms with Gasteiger partial charge in [0.05, 0.1) is 11.1 Å². The monoisotopic (exact) mass is 433 g/mol. The van der Waals surface area contributed by atoms with Crippen LogP contribution in [-0.4, -0.2) is 37.7 Å². The van der Waals surface area contributed by atoms with Crippen LogP contribution in [0.5, 0.6) is 11.5 Å². The summed E-state index contributed by atoms with van der Waals surface area (Å²) in [7, 11) is 1.69. The molecular weight excluding hydrogens is 413 g/mol. The smallest absolute Gasteiger partial charge is 0.232 e. The van der Waals surface area contributed by atoms with Crippen molar-refractivity contribution in [3.05, 3.63) is 62.3 Å². The number of carbonyl (C=O) groups excluding carboxylic acids is 1. The molecule has 2 aromatic carbocycles. The Labute approximate surface area is 179 Å². The lowest BCUT2D eigenvalue weighted by Gasteiger charge is -2.30. The zero-order valence-electron chi connectivity index (χ0n) is 16.3. The van der Waals surface area contributed by atoms with Crippen LogP contribution in [0.15, 0.2) is 30.0 Å². The van der Waals surface area contributed by atoms with Crippen LogP contribution in [0.2, 0.25) is 10.0 Å². The van der Waals surface area contributed by atoms with Crippen LogP contribution in [0.1, 0.15) is 33.5 Å². The second-order valence-electron chi connectivity index (χ2n) is 7.15. The van der Waals surface area contributed by atoms with Crippen molar-refractivity contribution >= 4 is 35.1 Å². The Bertz CT molecular complexity index is 1000. The summed E-state index contributed by atoms with van der Waals surface area (Å²) >= 11 is 12.2. The van der Waals surface area contributed by atoms with E-state index >= 15 is 0 Å². The van der Waals surface area contributed by atoms with E-state index in [0.29, 0.717) is 46.8 Å². The van der Waals surface area contributed by atoms with E-state index in [1.807, 2.05) is 13.0 Å². The molecule has 0 unspecified atom stereocenters. The number of aryl methyl sites for hydroxylation is 1. The van der Waals surface area contributed by atoms with E-state index in [0.717, 1.165) is 29.8 Å². The van der Waals surface area contributed by atoms with Gasteiger partial charge in [0.2, 0.25) is 5.78 Å². The van der Waals surface area contributed by atoms with Gasteiger partial charge in [0, 0.05) is 36.9 Å². The zero-order valence-corrected chi connectivity index (χ0v) is 17.8. The number of hydrogen-bond donors (Lipinski definition) is 0. The van der Waals surface area contributed by atoms with Crippen LogP contribution in [0.4, 0.5) is 0 Å². The predicted octanol–water partition coefficient (Wildman–Crippen LogP) is 5.11. The fourth-order valence-electron chi connectivity index (χ4n) is 3.61. The van der Waals surface area contributed by atoms with Crippen LogP contribution in [0.3, 0.4) is 0 Å². The Morgan fingerprint density at radius 1 is 1.28 bits per heavy atom. The highest BCUT2D eigenvalue weighted by atomic mass is 35.5. The van der Waals surface area contributed by atoms with Gasteiger partial charge in [0.25, 0.3) is 0 Å². The number of allylic oxidation sites excluding steroid dienone is 1. The van der Waals surface area contributed by atoms with Gasteiger partial charge >= 0.3 is 0 Å². The third-order valence-corrected chi connectivity index (χ3v) is 5.62. The summed E-state index contributed by atoms with van der Waals surface area (Å²) in [6.07, 6.45) is 2.57. The van der Waals surface area contributed by atoms with Gasteiger partial charge in [-0.3, -0.25) is 9.69 Å². The van der Waals surface area contributed by atoms with Crippen LogP contribution >= 0.6 is 23.2 Å². The van der Waals surface area contributed by atoms with Gasteiger partial charge in [-0.05, 0) is 48.7 Å². The summed E-state index contributed by atoms with van der Waals surface area (Å²) in [4.78, 5) is 15.2. The van der Waals surface area contributed by atoms with E-state index in [1.165, 1.54) is 0 Å². The van der Waals surface area contributed by atoms with Gasteiger partial charge in [-0.2, -0.15) is 0 Å². The van der Waals surface area contributed by atoms with Gasteiger partial charge < -0.3 is 14.2 Å². The second kappa shape index (κ2) is 8.36. The highest BCUT2D eigenvalue weighted by molar-refractivity contribution is 6.35. The van der Waals surface area contributed by atoms with Crippen molar-refractivity contribution in [3.8, 4) is 11.5 Å². The number of nitrogens with zero attached hydrogens (tertiary/aromatic N) is 1. The number of rotatable bonds is 5. The van der Waals surface area contributed by atoms with E-state index < -0.39 is 0 Å². The second-order valence-corrected chi connectivity index (χ2v) is 8.00. The first-order valence-electron chi connectivity index (χ1n) is 9.38. The van der Waals surface area contributed by atoms with Gasteiger partial charge in [0.15, 0.2) is 5.76 Å². The highest BCUT2D eigenvalue weighted by Crippen LogP contribution is 2.44. The maximum absolute atomic E-state index is 13.0. The number of ketones is 1. The Hall–Kier alpha value is -2.05. The van der Waals surface area contributed by atoms with Crippen LogP contribution < -0.4 is 9.47 Å². The van der Waals surface area contributed by atoms with E-state index in [-0.39, 0.29) is 11.5 Å². The number of halogens is 2. The molecule has 4 rings (SSSR count). The van der Waals surface area contributed by atoms with Crippen LogP contribution in [0.25, 0.3) is 6.08 Å². The maximum atomic E-state index is 13.0. The minimum atomic E-state index is -0.150. The first-order chi connectivity index (χ1) is 14.0. The molecule has 2 aliphatic heterocycles. The van der Waals surface area contributed by atoms with Gasteiger partial charge in [0.1, 0.15) is 18.2 Å². The molecule has 5 nitrogen and oxygen atoms in total. The minimum absolute atomic E-state index is 0.150. The lowest BCUT2D eigenvalue weighted by Crippen LogP contribution is -2.33. The molecular formula is C22H21Cl2NO4. The molecule has 0 saturated carbocycles. The molecule has 152 valence electrons. The molecule has 0 saturated heterocycles. The van der Waals surface area contributed by atoms with Crippen molar-refractivity contribution < 1.29 is 19.0 Å². The first kappa shape index (κ1) is 20.2. The Morgan fingerprint density at radius 3 is 2.86 bits per heavy atom. The Balaban J connectivity index is 1.66.